The van der Waals surface area contributed by atoms with Crippen molar-refractivity contribution in [2.45, 2.75) is 65.0 Å². The molecule has 1 aromatic heterocycles. The number of amidine groups is 1. The highest BCUT2D eigenvalue weighted by Crippen LogP contribution is 2.37. The van der Waals surface area contributed by atoms with Crippen LogP contribution in [0.2, 0.25) is 0 Å². The van der Waals surface area contributed by atoms with Gasteiger partial charge in [0.1, 0.15) is 23.6 Å². The fourth-order valence-electron chi connectivity index (χ4n) is 5.83. The van der Waals surface area contributed by atoms with Crippen LogP contribution in [-0.2, 0) is 16.1 Å². The van der Waals surface area contributed by atoms with Gasteiger partial charge in [0.05, 0.1) is 12.6 Å². The van der Waals surface area contributed by atoms with Gasteiger partial charge in [-0.3, -0.25) is 14.6 Å². The molecule has 2 atom stereocenters. The van der Waals surface area contributed by atoms with Gasteiger partial charge in [-0.1, -0.05) is 64.2 Å². The van der Waals surface area contributed by atoms with Crippen LogP contribution in [0.3, 0.4) is 0 Å². The van der Waals surface area contributed by atoms with Gasteiger partial charge in [0.25, 0.3) is 5.91 Å². The molecular formula is C36H49N5O4S. The number of carbonyl (C=O) groups is 3. The number of carbonyl (C=O) groups excluding carboxylic acids is 3. The molecular weight excluding hydrogens is 598 g/mol. The van der Waals surface area contributed by atoms with Gasteiger partial charge in [0, 0.05) is 41.5 Å². The predicted octanol–water partition coefficient (Wildman–Crippen LogP) is 6.03. The Balaban J connectivity index is 0.000000345. The number of hydrogen-bond acceptors (Lipinski definition) is 7. The zero-order valence-corrected chi connectivity index (χ0v) is 28.4. The summed E-state index contributed by atoms with van der Waals surface area (Å²) >= 11 is 1.69. The van der Waals surface area contributed by atoms with E-state index in [1.807, 2.05) is 56.6 Å². The van der Waals surface area contributed by atoms with Gasteiger partial charge in [-0.05, 0) is 67.8 Å². The smallest absolute Gasteiger partial charge is 0.251 e. The first-order valence-corrected chi connectivity index (χ1v) is 17.1. The summed E-state index contributed by atoms with van der Waals surface area (Å²) < 4.78 is 5.74. The highest BCUT2D eigenvalue weighted by atomic mass is 32.1. The van der Waals surface area contributed by atoms with Gasteiger partial charge in [0.2, 0.25) is 5.91 Å². The molecule has 0 spiro atoms. The third-order valence-corrected chi connectivity index (χ3v) is 9.14. The number of nitrogens with zero attached hydrogens (tertiary/aromatic N) is 2. The molecule has 2 amide bonds. The van der Waals surface area contributed by atoms with E-state index in [1.54, 1.807) is 47.5 Å². The van der Waals surface area contributed by atoms with Crippen LogP contribution in [0.15, 0.2) is 71.0 Å². The second-order valence-electron chi connectivity index (χ2n) is 11.2. The van der Waals surface area contributed by atoms with E-state index in [4.69, 9.17) is 10.5 Å². The Morgan fingerprint density at radius 1 is 1.00 bits per heavy atom. The lowest BCUT2D eigenvalue weighted by molar-refractivity contribution is -0.133. The number of aldehydes is 1. The van der Waals surface area contributed by atoms with Crippen LogP contribution in [0.25, 0.3) is 0 Å². The van der Waals surface area contributed by atoms with Gasteiger partial charge in [-0.15, -0.1) is 11.3 Å². The standard InChI is InChI=1S/C26H30N2O4.C8H13N3S.C2H6/c29-18-22-15-21(19-7-3-1-4-8-19)17-28(22)25(30)16-27-26(31)20-11-13-24(14-12-20)32-23-9-5-2-6-10-23;1-10-4-7-3-6(5-12-7)8(9)11-2;1-2/h2,5-6,9-14,18-19,21-22H,1,3-4,7-8,15-17H2,(H,27,31);3,5,10H,4H2,1-2H3,(H2,9,11);1-2H3. The molecule has 46 heavy (non-hydrogen) atoms. The first-order chi connectivity index (χ1) is 22.4. The van der Waals surface area contributed by atoms with E-state index in [9.17, 15) is 14.4 Å². The predicted molar refractivity (Wildman–Crippen MR) is 187 cm³/mol. The number of benzene rings is 2. The molecule has 2 heterocycles. The summed E-state index contributed by atoms with van der Waals surface area (Å²) in [4.78, 5) is 43.7. The summed E-state index contributed by atoms with van der Waals surface area (Å²) in [6.07, 6.45) is 7.79. The first kappa shape index (κ1) is 36.4. The number of para-hydroxylation sites is 1. The zero-order valence-electron chi connectivity index (χ0n) is 27.5. The van der Waals surface area contributed by atoms with Crippen LogP contribution in [-0.4, -0.2) is 62.1 Å². The quantitative estimate of drug-likeness (QED) is 0.140. The minimum Gasteiger partial charge on any atom is -0.457 e. The maximum Gasteiger partial charge on any atom is 0.251 e. The van der Waals surface area contributed by atoms with E-state index in [0.717, 1.165) is 30.6 Å². The SMILES string of the molecule is CC.CN=C(N)c1csc(CNC)c1.O=CC1CC(C2CCCCC2)CN1C(=O)CNC(=O)c1ccc(Oc2ccccc2)cc1. The Labute approximate surface area is 277 Å². The Morgan fingerprint density at radius 3 is 2.30 bits per heavy atom. The Bertz CT molecular complexity index is 1390. The van der Waals surface area contributed by atoms with Crippen LogP contribution in [0.1, 0.15) is 73.2 Å². The number of rotatable bonds is 10. The van der Waals surface area contributed by atoms with Crippen molar-refractivity contribution in [1.82, 2.24) is 15.5 Å². The molecule has 2 aromatic carbocycles. The average molecular weight is 648 g/mol. The van der Waals surface area contributed by atoms with Crippen molar-refractivity contribution in [3.05, 3.63) is 82.0 Å². The fraction of sp³-hybridized carbons (Fsp3) is 0.444. The van der Waals surface area contributed by atoms with E-state index in [2.05, 4.69) is 21.7 Å². The molecule has 0 bridgehead atoms. The van der Waals surface area contributed by atoms with Crippen LogP contribution in [0.5, 0.6) is 11.5 Å². The second-order valence-corrected chi connectivity index (χ2v) is 12.2. The number of aliphatic imine (C=N–C) groups is 1. The summed E-state index contributed by atoms with van der Waals surface area (Å²) in [5.41, 5.74) is 7.11. The van der Waals surface area contributed by atoms with Crippen LogP contribution in [0, 0.1) is 11.8 Å². The zero-order chi connectivity index (χ0) is 33.3. The molecule has 2 fully saturated rings. The summed E-state index contributed by atoms with van der Waals surface area (Å²) in [7, 11) is 3.63. The summed E-state index contributed by atoms with van der Waals surface area (Å²) in [6.45, 7) is 5.40. The topological polar surface area (TPSA) is 126 Å². The number of nitrogens with one attached hydrogen (secondary N) is 2. The highest BCUT2D eigenvalue weighted by molar-refractivity contribution is 7.10. The van der Waals surface area contributed by atoms with E-state index >= 15 is 0 Å². The average Bonchev–Trinajstić information content (AvgIpc) is 3.77. The fourth-order valence-corrected chi connectivity index (χ4v) is 6.72. The minimum absolute atomic E-state index is 0.108. The number of ether oxygens (including phenoxy) is 1. The van der Waals surface area contributed by atoms with Gasteiger partial charge >= 0.3 is 0 Å². The van der Waals surface area contributed by atoms with Crippen molar-refractivity contribution in [3.8, 4) is 11.5 Å². The van der Waals surface area contributed by atoms with Crippen molar-refractivity contribution < 1.29 is 19.1 Å². The third kappa shape index (κ3) is 10.8. The van der Waals surface area contributed by atoms with E-state index in [1.165, 1.54) is 37.0 Å². The first-order valence-electron chi connectivity index (χ1n) is 16.2. The van der Waals surface area contributed by atoms with E-state index < -0.39 is 0 Å². The molecule has 2 unspecified atom stereocenters. The maximum absolute atomic E-state index is 12.8. The van der Waals surface area contributed by atoms with E-state index in [0.29, 0.717) is 35.5 Å². The molecule has 1 saturated heterocycles. The molecule has 2 aliphatic rings. The van der Waals surface area contributed by atoms with Gasteiger partial charge in [-0.25, -0.2) is 0 Å². The minimum atomic E-state index is -0.374. The van der Waals surface area contributed by atoms with Gasteiger partial charge < -0.3 is 30.8 Å². The molecule has 5 rings (SSSR count). The number of nitrogens with two attached hydrogens (primary N) is 1. The molecule has 1 saturated carbocycles. The second kappa shape index (κ2) is 19.5. The van der Waals surface area contributed by atoms with Crippen molar-refractivity contribution in [2.75, 3.05) is 27.2 Å². The maximum atomic E-state index is 12.8. The van der Waals surface area contributed by atoms with Gasteiger partial charge in [-0.2, -0.15) is 0 Å². The molecule has 9 nitrogen and oxygen atoms in total. The molecule has 1 aliphatic carbocycles. The molecule has 10 heteroatoms. The Hall–Kier alpha value is -4.02. The number of hydrogen-bond donors (Lipinski definition) is 3. The number of thiophene rings is 1. The monoisotopic (exact) mass is 647 g/mol. The summed E-state index contributed by atoms with van der Waals surface area (Å²) in [6, 6.07) is 17.9. The van der Waals surface area contributed by atoms with Crippen molar-refractivity contribution in [3.63, 3.8) is 0 Å². The highest BCUT2D eigenvalue weighted by Gasteiger charge is 2.38. The lowest BCUT2D eigenvalue weighted by Gasteiger charge is -2.27. The van der Waals surface area contributed by atoms with E-state index in [-0.39, 0.29) is 24.4 Å². The van der Waals surface area contributed by atoms with Crippen molar-refractivity contribution in [2.24, 2.45) is 22.6 Å². The summed E-state index contributed by atoms with van der Waals surface area (Å²) in [5, 5.41) is 7.80. The number of likely N-dealkylation sites (tertiary alicyclic amines) is 1. The van der Waals surface area contributed by atoms with Gasteiger partial charge in [0.15, 0.2) is 0 Å². The molecule has 0 radical (unpaired) electrons. The van der Waals surface area contributed by atoms with Crippen molar-refractivity contribution >= 4 is 35.3 Å². The van der Waals surface area contributed by atoms with Crippen LogP contribution >= 0.6 is 11.3 Å². The largest absolute Gasteiger partial charge is 0.457 e. The number of amides is 2. The van der Waals surface area contributed by atoms with Crippen LogP contribution in [0.4, 0.5) is 0 Å². The molecule has 1 aliphatic heterocycles. The molecule has 4 N–H and O–H groups in total. The molecule has 3 aromatic rings. The normalized spacial score (nSPS) is 18.0. The Morgan fingerprint density at radius 2 is 1.67 bits per heavy atom. The van der Waals surface area contributed by atoms with Crippen molar-refractivity contribution in [1.29, 1.82) is 0 Å². The lowest BCUT2D eigenvalue weighted by atomic mass is 9.79. The van der Waals surface area contributed by atoms with Crippen LogP contribution < -0.4 is 21.1 Å². The summed E-state index contributed by atoms with van der Waals surface area (Å²) in [5.74, 6) is 2.43. The lowest BCUT2D eigenvalue weighted by Crippen LogP contribution is -2.43. The molecule has 248 valence electrons. The Kier molecular flexibility index (Phi) is 15.4. The third-order valence-electron chi connectivity index (χ3n) is 8.21.